The van der Waals surface area contributed by atoms with Crippen LogP contribution in [0.3, 0.4) is 0 Å². The summed E-state index contributed by atoms with van der Waals surface area (Å²) >= 11 is 6.00. The molecule has 2 bridgehead atoms. The summed E-state index contributed by atoms with van der Waals surface area (Å²) in [5.41, 5.74) is 2.77. The minimum Gasteiger partial charge on any atom is -0.489 e. The lowest BCUT2D eigenvalue weighted by molar-refractivity contribution is 0.0737. The molecule has 1 unspecified atom stereocenters. The fourth-order valence-corrected chi connectivity index (χ4v) is 5.23. The first-order chi connectivity index (χ1) is 15.0. The summed E-state index contributed by atoms with van der Waals surface area (Å²) in [5.74, 6) is -0.288. The Morgan fingerprint density at radius 1 is 1.23 bits per heavy atom. The smallest absolute Gasteiger partial charge is 0.258 e. The van der Waals surface area contributed by atoms with Gasteiger partial charge in [0.15, 0.2) is 5.65 Å². The van der Waals surface area contributed by atoms with Crippen LogP contribution in [0.5, 0.6) is 5.75 Å². The van der Waals surface area contributed by atoms with Gasteiger partial charge in [0.1, 0.15) is 17.7 Å². The zero-order valence-electron chi connectivity index (χ0n) is 16.7. The lowest BCUT2D eigenvalue weighted by atomic mass is 10.0. The van der Waals surface area contributed by atoms with E-state index in [2.05, 4.69) is 15.4 Å². The molecular weight excluding hydrogens is 421 g/mol. The number of rotatable bonds is 3. The van der Waals surface area contributed by atoms with Crippen molar-refractivity contribution in [2.45, 2.75) is 57.0 Å². The molecule has 3 atom stereocenters. The normalized spacial score (nSPS) is 24.6. The van der Waals surface area contributed by atoms with E-state index in [1.54, 1.807) is 21.8 Å². The average Bonchev–Trinajstić information content (AvgIpc) is 3.39. The van der Waals surface area contributed by atoms with E-state index in [4.69, 9.17) is 16.3 Å². The fourth-order valence-electron chi connectivity index (χ4n) is 5.09. The quantitative estimate of drug-likeness (QED) is 0.675. The van der Waals surface area contributed by atoms with Gasteiger partial charge in [0.05, 0.1) is 35.6 Å². The first kappa shape index (κ1) is 19.0. The van der Waals surface area contributed by atoms with Crippen molar-refractivity contribution in [2.75, 3.05) is 0 Å². The number of hydrogen-bond donors (Lipinski definition) is 1. The molecule has 0 spiro atoms. The fraction of sp³-hybridized carbons (Fsp3) is 0.409. The molecule has 160 valence electrons. The first-order valence-corrected chi connectivity index (χ1v) is 10.9. The van der Waals surface area contributed by atoms with Crippen LogP contribution in [0.25, 0.3) is 5.65 Å². The molecule has 5 heterocycles. The first-order valence-electron chi connectivity index (χ1n) is 10.6. The molecule has 3 aliphatic heterocycles. The molecule has 2 fully saturated rings. The Bertz CT molecular complexity index is 1190. The molecule has 3 aromatic rings. The van der Waals surface area contributed by atoms with Crippen molar-refractivity contribution in [1.29, 1.82) is 0 Å². The van der Waals surface area contributed by atoms with Crippen molar-refractivity contribution in [2.24, 2.45) is 0 Å². The second kappa shape index (κ2) is 7.17. The predicted molar refractivity (Wildman–Crippen MR) is 112 cm³/mol. The molecule has 9 heteroatoms. The minimum absolute atomic E-state index is 0.0129. The van der Waals surface area contributed by atoms with Crippen molar-refractivity contribution < 1.29 is 13.9 Å². The molecule has 7 nitrogen and oxygen atoms in total. The summed E-state index contributed by atoms with van der Waals surface area (Å²) < 4.78 is 21.9. The molecule has 2 saturated heterocycles. The zero-order valence-corrected chi connectivity index (χ0v) is 17.5. The van der Waals surface area contributed by atoms with E-state index >= 15 is 0 Å². The second-order valence-electron chi connectivity index (χ2n) is 8.62. The highest BCUT2D eigenvalue weighted by atomic mass is 35.5. The maximum absolute atomic E-state index is 14.0. The van der Waals surface area contributed by atoms with E-state index in [1.807, 2.05) is 0 Å². The SMILES string of the molecule is O=C(c1ccc(F)cc1O[C@@H]1CC2CC[C@H](C1)N2)N1Cc2nn3cc(Cl)cnc3c2C1. The summed E-state index contributed by atoms with van der Waals surface area (Å²) in [5, 5.41) is 8.59. The maximum Gasteiger partial charge on any atom is 0.258 e. The van der Waals surface area contributed by atoms with Crippen molar-refractivity contribution in [3.05, 3.63) is 58.3 Å². The minimum atomic E-state index is -0.410. The van der Waals surface area contributed by atoms with Crippen LogP contribution in [0.2, 0.25) is 5.02 Å². The number of benzene rings is 1. The highest BCUT2D eigenvalue weighted by Crippen LogP contribution is 2.33. The van der Waals surface area contributed by atoms with E-state index in [9.17, 15) is 9.18 Å². The van der Waals surface area contributed by atoms with Gasteiger partial charge in [-0.3, -0.25) is 4.79 Å². The Morgan fingerprint density at radius 2 is 2.03 bits per heavy atom. The zero-order chi connectivity index (χ0) is 21.1. The van der Waals surface area contributed by atoms with Crippen LogP contribution >= 0.6 is 11.6 Å². The molecule has 1 N–H and O–H groups in total. The third-order valence-electron chi connectivity index (χ3n) is 6.49. The largest absolute Gasteiger partial charge is 0.489 e. The van der Waals surface area contributed by atoms with E-state index in [-0.39, 0.29) is 12.0 Å². The molecule has 6 rings (SSSR count). The number of halogens is 2. The van der Waals surface area contributed by atoms with E-state index in [0.29, 0.717) is 47.2 Å². The maximum atomic E-state index is 14.0. The number of aromatic nitrogens is 3. The number of hydrogen-bond acceptors (Lipinski definition) is 5. The molecule has 1 aromatic carbocycles. The van der Waals surface area contributed by atoms with Crippen molar-refractivity contribution >= 4 is 23.2 Å². The van der Waals surface area contributed by atoms with Crippen molar-refractivity contribution in [3.8, 4) is 5.75 Å². The molecule has 31 heavy (non-hydrogen) atoms. The van der Waals surface area contributed by atoms with Gasteiger partial charge in [0.25, 0.3) is 5.91 Å². The van der Waals surface area contributed by atoms with E-state index in [0.717, 1.165) is 36.9 Å². The van der Waals surface area contributed by atoms with Gasteiger partial charge in [-0.05, 0) is 37.8 Å². The number of carbonyl (C=O) groups is 1. The van der Waals surface area contributed by atoms with Crippen LogP contribution in [0.15, 0.2) is 30.6 Å². The van der Waals surface area contributed by atoms with Crippen molar-refractivity contribution in [1.82, 2.24) is 24.8 Å². The van der Waals surface area contributed by atoms with Gasteiger partial charge in [-0.25, -0.2) is 13.9 Å². The standard InChI is InChI=1S/C22H21ClFN5O2/c23-12-8-25-21-18-10-28(11-19(18)27-29(21)9-12)22(30)17-4-1-13(24)5-20(17)31-16-6-14-2-3-15(7-16)26-14/h1,4-5,8-9,14-16,26H,2-3,6-7,10-11H2/t14-,15?,16+/m1/s1. The van der Waals surface area contributed by atoms with Crippen LogP contribution in [0.1, 0.15) is 47.3 Å². The number of carbonyl (C=O) groups excluding carboxylic acids is 1. The third-order valence-corrected chi connectivity index (χ3v) is 6.69. The molecule has 0 aliphatic carbocycles. The van der Waals surface area contributed by atoms with Crippen LogP contribution in [0, 0.1) is 5.82 Å². The molecular formula is C22H21ClFN5O2. The summed E-state index contributed by atoms with van der Waals surface area (Å²) in [6, 6.07) is 5.05. The number of ether oxygens (including phenoxy) is 1. The van der Waals surface area contributed by atoms with E-state index < -0.39 is 5.82 Å². The lowest BCUT2D eigenvalue weighted by Crippen LogP contribution is -2.42. The van der Waals surface area contributed by atoms with Crippen LogP contribution in [0.4, 0.5) is 4.39 Å². The number of amides is 1. The number of fused-ring (bicyclic) bond motifs is 5. The van der Waals surface area contributed by atoms with E-state index in [1.165, 1.54) is 18.2 Å². The predicted octanol–water partition coefficient (Wildman–Crippen LogP) is 3.34. The van der Waals surface area contributed by atoms with Gasteiger partial charge >= 0.3 is 0 Å². The molecule has 0 radical (unpaired) electrons. The number of nitrogens with zero attached hydrogens (tertiary/aromatic N) is 4. The molecule has 2 aromatic heterocycles. The summed E-state index contributed by atoms with van der Waals surface area (Å²) in [4.78, 5) is 19.4. The highest BCUT2D eigenvalue weighted by molar-refractivity contribution is 6.30. The van der Waals surface area contributed by atoms with Gasteiger partial charge in [-0.15, -0.1) is 0 Å². The summed E-state index contributed by atoms with van der Waals surface area (Å²) in [6.45, 7) is 0.754. The summed E-state index contributed by atoms with van der Waals surface area (Å²) in [6.07, 6.45) is 7.30. The lowest BCUT2D eigenvalue weighted by Gasteiger charge is -2.30. The van der Waals surface area contributed by atoms with Gasteiger partial charge < -0.3 is 15.0 Å². The third kappa shape index (κ3) is 3.34. The second-order valence-corrected chi connectivity index (χ2v) is 9.05. The topological polar surface area (TPSA) is 71.8 Å². The van der Waals surface area contributed by atoms with Gasteiger partial charge in [-0.2, -0.15) is 5.10 Å². The van der Waals surface area contributed by atoms with Crippen LogP contribution in [-0.2, 0) is 13.1 Å². The highest BCUT2D eigenvalue weighted by Gasteiger charge is 2.36. The molecule has 1 amide bonds. The number of piperidine rings is 1. The van der Waals surface area contributed by atoms with Gasteiger partial charge in [0, 0.05) is 29.9 Å². The van der Waals surface area contributed by atoms with Crippen molar-refractivity contribution in [3.63, 3.8) is 0 Å². The Morgan fingerprint density at radius 3 is 2.84 bits per heavy atom. The Labute approximate surface area is 183 Å². The molecule has 3 aliphatic rings. The van der Waals surface area contributed by atoms with Gasteiger partial charge in [0.2, 0.25) is 0 Å². The van der Waals surface area contributed by atoms with Gasteiger partial charge in [-0.1, -0.05) is 11.6 Å². The van der Waals surface area contributed by atoms with Crippen LogP contribution < -0.4 is 10.1 Å². The van der Waals surface area contributed by atoms with Crippen LogP contribution in [-0.4, -0.2) is 43.6 Å². The average molecular weight is 442 g/mol. The molecule has 0 saturated carbocycles. The monoisotopic (exact) mass is 441 g/mol. The Hall–Kier alpha value is -2.71. The number of nitrogens with one attached hydrogen (secondary N) is 1. The Kier molecular flexibility index (Phi) is 4.40. The Balaban J connectivity index is 1.25. The summed E-state index contributed by atoms with van der Waals surface area (Å²) in [7, 11) is 0.